The molecule has 0 saturated carbocycles. The average molecular weight is 156 g/mol. The molecule has 0 aliphatic carbocycles. The van der Waals surface area contributed by atoms with E-state index in [1.807, 2.05) is 0 Å². The van der Waals surface area contributed by atoms with E-state index < -0.39 is 11.6 Å². The van der Waals surface area contributed by atoms with Crippen LogP contribution in [-0.4, -0.2) is 37.0 Å². The van der Waals surface area contributed by atoms with Crippen molar-refractivity contribution in [2.75, 3.05) is 20.3 Å². The zero-order chi connectivity index (χ0) is 8.32. The van der Waals surface area contributed by atoms with Gasteiger partial charge in [0.15, 0.2) is 5.60 Å². The minimum Gasteiger partial charge on any atom is -0.459 e. The number of carbonyl (C=O) groups excluding carboxylic acids is 1. The number of esters is 1. The van der Waals surface area contributed by atoms with Gasteiger partial charge in [-0.05, 0) is 0 Å². The molecule has 1 aliphatic heterocycles. The highest BCUT2D eigenvalue weighted by atomic mass is 16.5. The Morgan fingerprint density at radius 1 is 1.73 bits per heavy atom. The molecular formula is C7H8O4. The molecule has 60 valence electrons. The Morgan fingerprint density at radius 3 is 2.73 bits per heavy atom. The van der Waals surface area contributed by atoms with Crippen molar-refractivity contribution < 1.29 is 19.4 Å². The first-order chi connectivity index (χ1) is 5.16. The van der Waals surface area contributed by atoms with Gasteiger partial charge in [0.2, 0.25) is 0 Å². The van der Waals surface area contributed by atoms with Gasteiger partial charge in [0.25, 0.3) is 0 Å². The minimum absolute atomic E-state index is 0.164. The third kappa shape index (κ3) is 1.93. The van der Waals surface area contributed by atoms with Crippen LogP contribution in [0.2, 0.25) is 0 Å². The first-order valence-electron chi connectivity index (χ1n) is 3.07. The van der Waals surface area contributed by atoms with Gasteiger partial charge in [-0.3, -0.25) is 0 Å². The van der Waals surface area contributed by atoms with Crippen LogP contribution in [0.4, 0.5) is 0 Å². The molecular weight excluding hydrogens is 148 g/mol. The maximum absolute atomic E-state index is 10.5. The van der Waals surface area contributed by atoms with Crippen LogP contribution < -0.4 is 0 Å². The molecule has 1 fully saturated rings. The van der Waals surface area contributed by atoms with Gasteiger partial charge >= 0.3 is 5.97 Å². The monoisotopic (exact) mass is 156 g/mol. The second-order valence-electron chi connectivity index (χ2n) is 2.27. The fourth-order valence-electron chi connectivity index (χ4n) is 0.586. The lowest BCUT2D eigenvalue weighted by molar-refractivity contribution is -0.142. The highest BCUT2D eigenvalue weighted by Gasteiger charge is 2.34. The van der Waals surface area contributed by atoms with Crippen molar-refractivity contribution in [3.05, 3.63) is 0 Å². The highest BCUT2D eigenvalue weighted by molar-refractivity contribution is 5.88. The lowest BCUT2D eigenvalue weighted by Gasteiger charge is -2.30. The Kier molecular flexibility index (Phi) is 2.13. The van der Waals surface area contributed by atoms with E-state index >= 15 is 0 Å². The number of ether oxygens (including phenoxy) is 2. The predicted molar refractivity (Wildman–Crippen MR) is 35.6 cm³/mol. The molecule has 0 bridgehead atoms. The molecule has 1 saturated heterocycles. The van der Waals surface area contributed by atoms with Crippen molar-refractivity contribution in [3.63, 3.8) is 0 Å². The zero-order valence-corrected chi connectivity index (χ0v) is 6.09. The second-order valence-corrected chi connectivity index (χ2v) is 2.27. The van der Waals surface area contributed by atoms with E-state index in [0.717, 1.165) is 0 Å². The van der Waals surface area contributed by atoms with Gasteiger partial charge in [-0.15, -0.1) is 0 Å². The number of hydrogen-bond donors (Lipinski definition) is 1. The molecule has 0 aromatic carbocycles. The first-order valence-corrected chi connectivity index (χ1v) is 3.07. The Balaban J connectivity index is 2.48. The van der Waals surface area contributed by atoms with Crippen LogP contribution >= 0.6 is 0 Å². The van der Waals surface area contributed by atoms with Gasteiger partial charge in [0.05, 0.1) is 20.3 Å². The van der Waals surface area contributed by atoms with Crippen molar-refractivity contribution in [2.24, 2.45) is 0 Å². The summed E-state index contributed by atoms with van der Waals surface area (Å²) in [5.41, 5.74) is -1.13. The van der Waals surface area contributed by atoms with Crippen LogP contribution in [0.1, 0.15) is 0 Å². The SMILES string of the molecule is COC(=O)C#CC1(O)COC1. The smallest absolute Gasteiger partial charge is 0.384 e. The summed E-state index contributed by atoms with van der Waals surface area (Å²) in [5, 5.41) is 9.25. The Bertz CT molecular complexity index is 218. The van der Waals surface area contributed by atoms with Crippen LogP contribution in [0.25, 0.3) is 0 Å². The molecule has 0 aromatic heterocycles. The maximum atomic E-state index is 10.5. The van der Waals surface area contributed by atoms with Gasteiger partial charge in [-0.1, -0.05) is 5.92 Å². The molecule has 11 heavy (non-hydrogen) atoms. The number of rotatable bonds is 0. The van der Waals surface area contributed by atoms with Crippen LogP contribution in [0, 0.1) is 11.8 Å². The number of hydrogen-bond acceptors (Lipinski definition) is 4. The Hall–Kier alpha value is -1.05. The largest absolute Gasteiger partial charge is 0.459 e. The van der Waals surface area contributed by atoms with E-state index in [0.29, 0.717) is 0 Å². The highest BCUT2D eigenvalue weighted by Crippen LogP contribution is 2.14. The molecule has 4 nitrogen and oxygen atoms in total. The van der Waals surface area contributed by atoms with Crippen molar-refractivity contribution in [1.29, 1.82) is 0 Å². The van der Waals surface area contributed by atoms with Gasteiger partial charge in [-0.25, -0.2) is 4.79 Å². The molecule has 1 N–H and O–H groups in total. The van der Waals surface area contributed by atoms with Crippen LogP contribution in [0.3, 0.4) is 0 Å². The summed E-state index contributed by atoms with van der Waals surface area (Å²) >= 11 is 0. The van der Waals surface area contributed by atoms with Gasteiger partial charge in [0, 0.05) is 5.92 Å². The Labute approximate surface area is 64.1 Å². The maximum Gasteiger partial charge on any atom is 0.384 e. The van der Waals surface area contributed by atoms with E-state index in [-0.39, 0.29) is 13.2 Å². The van der Waals surface area contributed by atoms with Crippen LogP contribution in [-0.2, 0) is 14.3 Å². The fourth-order valence-corrected chi connectivity index (χ4v) is 0.586. The van der Waals surface area contributed by atoms with Gasteiger partial charge in [0.1, 0.15) is 0 Å². The summed E-state index contributed by atoms with van der Waals surface area (Å²) in [5.74, 6) is 3.84. The molecule has 0 amide bonds. The van der Waals surface area contributed by atoms with E-state index in [9.17, 15) is 9.90 Å². The fraction of sp³-hybridized carbons (Fsp3) is 0.571. The van der Waals surface area contributed by atoms with E-state index in [1.165, 1.54) is 7.11 Å². The summed E-state index contributed by atoms with van der Waals surface area (Å²) in [6.45, 7) is 0.327. The quantitative estimate of drug-likeness (QED) is 0.275. The second kappa shape index (κ2) is 2.91. The topological polar surface area (TPSA) is 55.8 Å². The Morgan fingerprint density at radius 2 is 2.36 bits per heavy atom. The molecule has 0 radical (unpaired) electrons. The standard InChI is InChI=1S/C7H8O4/c1-10-6(8)2-3-7(9)4-11-5-7/h9H,4-5H2,1H3. The normalized spacial score (nSPS) is 19.1. The molecule has 1 aliphatic rings. The molecule has 0 unspecified atom stereocenters. The van der Waals surface area contributed by atoms with Gasteiger partial charge < -0.3 is 14.6 Å². The molecule has 0 spiro atoms. The molecule has 1 rings (SSSR count). The van der Waals surface area contributed by atoms with E-state index in [1.54, 1.807) is 0 Å². The molecule has 1 heterocycles. The van der Waals surface area contributed by atoms with E-state index in [4.69, 9.17) is 4.74 Å². The van der Waals surface area contributed by atoms with Crippen LogP contribution in [0.15, 0.2) is 0 Å². The van der Waals surface area contributed by atoms with Crippen molar-refractivity contribution in [1.82, 2.24) is 0 Å². The summed E-state index contributed by atoms with van der Waals surface area (Å²) < 4.78 is 8.95. The lowest BCUT2D eigenvalue weighted by atomic mass is 10.0. The number of aliphatic hydroxyl groups is 1. The first kappa shape index (κ1) is 8.05. The van der Waals surface area contributed by atoms with Crippen molar-refractivity contribution >= 4 is 5.97 Å². The van der Waals surface area contributed by atoms with Crippen LogP contribution in [0.5, 0.6) is 0 Å². The third-order valence-electron chi connectivity index (χ3n) is 1.26. The van der Waals surface area contributed by atoms with Gasteiger partial charge in [-0.2, -0.15) is 0 Å². The average Bonchev–Trinajstić information content (AvgIpc) is 1.96. The van der Waals surface area contributed by atoms with Crippen molar-refractivity contribution in [2.45, 2.75) is 5.60 Å². The molecule has 0 atom stereocenters. The molecule has 0 aromatic rings. The van der Waals surface area contributed by atoms with Crippen molar-refractivity contribution in [3.8, 4) is 11.8 Å². The molecule has 4 heteroatoms. The summed E-state index contributed by atoms with van der Waals surface area (Å²) in [6.07, 6.45) is 0. The van der Waals surface area contributed by atoms with E-state index in [2.05, 4.69) is 16.6 Å². The summed E-state index contributed by atoms with van der Waals surface area (Å²) in [7, 11) is 1.23. The number of carbonyl (C=O) groups is 1. The zero-order valence-electron chi connectivity index (χ0n) is 6.09. The third-order valence-corrected chi connectivity index (χ3v) is 1.26. The lowest BCUT2D eigenvalue weighted by Crippen LogP contribution is -2.48. The summed E-state index contributed by atoms with van der Waals surface area (Å²) in [4.78, 5) is 10.5. The minimum atomic E-state index is -1.13. The predicted octanol–water partition coefficient (Wildman–Crippen LogP) is -1.08. The summed E-state index contributed by atoms with van der Waals surface area (Å²) in [6, 6.07) is 0. The number of methoxy groups -OCH3 is 1.